The van der Waals surface area contributed by atoms with E-state index < -0.39 is 5.97 Å². The zero-order valence-electron chi connectivity index (χ0n) is 20.1. The van der Waals surface area contributed by atoms with E-state index in [2.05, 4.69) is 10.3 Å². The SMILES string of the molecule is C.COC(=O)c1c(-c2c(Cl)cccc2Cl)noc1C1CC1.OCc1c(-c2c(Cl)cccc2Cl)noc1C1CC1. The molecule has 6 rings (SSSR count). The molecule has 39 heavy (non-hydrogen) atoms. The summed E-state index contributed by atoms with van der Waals surface area (Å²) in [5, 5.41) is 19.4. The number of ether oxygens (including phenoxy) is 1. The number of hydrogen-bond acceptors (Lipinski definition) is 7. The molecule has 0 atom stereocenters. The van der Waals surface area contributed by atoms with Gasteiger partial charge < -0.3 is 18.9 Å². The van der Waals surface area contributed by atoms with E-state index in [9.17, 15) is 9.90 Å². The van der Waals surface area contributed by atoms with Gasteiger partial charge in [0.25, 0.3) is 0 Å². The molecule has 4 aromatic rings. The highest BCUT2D eigenvalue weighted by Crippen LogP contribution is 2.47. The van der Waals surface area contributed by atoms with E-state index in [0.29, 0.717) is 65.4 Å². The van der Waals surface area contributed by atoms with Crippen LogP contribution in [0.5, 0.6) is 0 Å². The summed E-state index contributed by atoms with van der Waals surface area (Å²) in [4.78, 5) is 12.0. The fraction of sp³-hybridized carbons (Fsp3) is 0.321. The highest BCUT2D eigenvalue weighted by atomic mass is 35.5. The van der Waals surface area contributed by atoms with Gasteiger partial charge >= 0.3 is 5.97 Å². The van der Waals surface area contributed by atoms with Crippen molar-refractivity contribution in [3.63, 3.8) is 0 Å². The van der Waals surface area contributed by atoms with Crippen LogP contribution >= 0.6 is 46.4 Å². The Bertz CT molecular complexity index is 1450. The van der Waals surface area contributed by atoms with Gasteiger partial charge in [-0.1, -0.05) is 76.3 Å². The molecule has 2 aromatic heterocycles. The summed E-state index contributed by atoms with van der Waals surface area (Å²) in [6.07, 6.45) is 4.12. The first-order chi connectivity index (χ1) is 18.3. The molecular weight excluding hydrogens is 586 g/mol. The van der Waals surface area contributed by atoms with Crippen LogP contribution in [0.2, 0.25) is 20.1 Å². The highest BCUT2D eigenvalue weighted by Gasteiger charge is 2.37. The first-order valence-corrected chi connectivity index (χ1v) is 13.4. The zero-order chi connectivity index (χ0) is 27.0. The summed E-state index contributed by atoms with van der Waals surface area (Å²) >= 11 is 24.6. The van der Waals surface area contributed by atoms with Crippen LogP contribution in [-0.4, -0.2) is 28.5 Å². The van der Waals surface area contributed by atoms with Crippen LogP contribution in [-0.2, 0) is 11.3 Å². The van der Waals surface area contributed by atoms with E-state index in [1.165, 1.54) is 7.11 Å². The Labute approximate surface area is 245 Å². The van der Waals surface area contributed by atoms with Gasteiger partial charge in [0.15, 0.2) is 5.76 Å². The summed E-state index contributed by atoms with van der Waals surface area (Å²) < 4.78 is 15.5. The van der Waals surface area contributed by atoms with Gasteiger partial charge in [0.2, 0.25) is 0 Å². The van der Waals surface area contributed by atoms with Gasteiger partial charge in [-0.3, -0.25) is 0 Å². The van der Waals surface area contributed by atoms with Crippen molar-refractivity contribution in [2.24, 2.45) is 0 Å². The summed E-state index contributed by atoms with van der Waals surface area (Å²) in [7, 11) is 1.32. The lowest BCUT2D eigenvalue weighted by Gasteiger charge is -2.05. The van der Waals surface area contributed by atoms with Gasteiger partial charge in [-0.2, -0.15) is 0 Å². The Hall–Kier alpha value is -2.55. The molecule has 2 heterocycles. The van der Waals surface area contributed by atoms with Crippen molar-refractivity contribution in [1.82, 2.24) is 10.3 Å². The van der Waals surface area contributed by atoms with Crippen molar-refractivity contribution in [2.75, 3.05) is 7.11 Å². The summed E-state index contributed by atoms with van der Waals surface area (Å²) in [6, 6.07) is 10.4. The summed E-state index contributed by atoms with van der Waals surface area (Å²) in [5.74, 6) is 1.45. The molecule has 0 amide bonds. The molecule has 0 unspecified atom stereocenters. The Morgan fingerprint density at radius 1 is 0.846 bits per heavy atom. The number of hydrogen-bond donors (Lipinski definition) is 1. The van der Waals surface area contributed by atoms with Crippen LogP contribution in [0.25, 0.3) is 22.5 Å². The number of methoxy groups -OCH3 is 1. The molecule has 7 nitrogen and oxygen atoms in total. The lowest BCUT2D eigenvalue weighted by atomic mass is 10.0. The second kappa shape index (κ2) is 12.3. The number of rotatable bonds is 6. The molecule has 11 heteroatoms. The first kappa shape index (κ1) is 29.4. The molecule has 0 bridgehead atoms. The Kier molecular flexibility index (Phi) is 9.29. The molecule has 2 saturated carbocycles. The third-order valence-corrected chi connectivity index (χ3v) is 7.64. The molecule has 0 spiro atoms. The van der Waals surface area contributed by atoms with Crippen LogP contribution < -0.4 is 0 Å². The van der Waals surface area contributed by atoms with Crippen molar-refractivity contribution in [1.29, 1.82) is 0 Å². The van der Waals surface area contributed by atoms with Crippen LogP contribution in [0.1, 0.15) is 72.4 Å². The van der Waals surface area contributed by atoms with Crippen molar-refractivity contribution in [3.05, 3.63) is 79.1 Å². The van der Waals surface area contributed by atoms with E-state index in [1.54, 1.807) is 36.4 Å². The molecule has 2 aromatic carbocycles. The van der Waals surface area contributed by atoms with Crippen LogP contribution in [0, 0.1) is 0 Å². The number of benzene rings is 2. The Balaban J connectivity index is 0.000000177. The molecule has 0 radical (unpaired) electrons. The fourth-order valence-corrected chi connectivity index (χ4v) is 5.34. The number of halogens is 4. The predicted octanol–water partition coefficient (Wildman–Crippen LogP) is 8.97. The van der Waals surface area contributed by atoms with E-state index in [1.807, 2.05) is 0 Å². The minimum absolute atomic E-state index is 0. The van der Waals surface area contributed by atoms with Gasteiger partial charge in [-0.25, -0.2) is 4.79 Å². The van der Waals surface area contributed by atoms with E-state index in [-0.39, 0.29) is 20.0 Å². The van der Waals surface area contributed by atoms with Gasteiger partial charge in [0, 0.05) is 28.5 Å². The number of carbonyl (C=O) groups excluding carboxylic acids is 1. The van der Waals surface area contributed by atoms with Crippen LogP contribution in [0.3, 0.4) is 0 Å². The van der Waals surface area contributed by atoms with Crippen molar-refractivity contribution in [2.45, 2.75) is 51.6 Å². The minimum Gasteiger partial charge on any atom is -0.465 e. The molecule has 0 saturated heterocycles. The second-order valence-electron chi connectivity index (χ2n) is 9.04. The lowest BCUT2D eigenvalue weighted by Crippen LogP contribution is -2.05. The van der Waals surface area contributed by atoms with Crippen molar-refractivity contribution < 1.29 is 23.7 Å². The van der Waals surface area contributed by atoms with Gasteiger partial charge in [0.1, 0.15) is 22.7 Å². The van der Waals surface area contributed by atoms with E-state index >= 15 is 0 Å². The first-order valence-electron chi connectivity index (χ1n) is 11.9. The molecule has 2 fully saturated rings. The number of aliphatic hydroxyl groups is 1. The maximum atomic E-state index is 12.0. The molecule has 1 N–H and O–H groups in total. The fourth-order valence-electron chi connectivity index (χ4n) is 4.18. The third-order valence-electron chi connectivity index (χ3n) is 6.38. The average molecular weight is 612 g/mol. The maximum absolute atomic E-state index is 12.0. The average Bonchev–Trinajstić information content (AvgIpc) is 3.84. The highest BCUT2D eigenvalue weighted by molar-refractivity contribution is 6.40. The van der Waals surface area contributed by atoms with E-state index in [4.69, 9.17) is 60.2 Å². The largest absolute Gasteiger partial charge is 0.465 e. The lowest BCUT2D eigenvalue weighted by molar-refractivity contribution is 0.0599. The summed E-state index contributed by atoms with van der Waals surface area (Å²) in [5.41, 5.74) is 3.04. The number of esters is 1. The monoisotopic (exact) mass is 610 g/mol. The van der Waals surface area contributed by atoms with Crippen LogP contribution in [0.15, 0.2) is 45.4 Å². The number of nitrogens with zero attached hydrogens (tertiary/aromatic N) is 2. The van der Waals surface area contributed by atoms with Gasteiger partial charge in [-0.05, 0) is 49.9 Å². The van der Waals surface area contributed by atoms with Crippen molar-refractivity contribution >= 4 is 52.4 Å². The minimum atomic E-state index is -0.487. The normalized spacial score (nSPS) is 14.3. The maximum Gasteiger partial charge on any atom is 0.343 e. The summed E-state index contributed by atoms with van der Waals surface area (Å²) in [6.45, 7) is -0.119. The Morgan fingerprint density at radius 2 is 1.28 bits per heavy atom. The van der Waals surface area contributed by atoms with Crippen molar-refractivity contribution in [3.8, 4) is 22.5 Å². The smallest absolute Gasteiger partial charge is 0.343 e. The second-order valence-corrected chi connectivity index (χ2v) is 10.7. The number of aliphatic hydroxyl groups excluding tert-OH is 1. The third kappa shape index (κ3) is 5.98. The topological polar surface area (TPSA) is 98.6 Å². The molecular formula is C28H26Cl4N2O5. The molecule has 2 aliphatic carbocycles. The molecule has 2 aliphatic rings. The number of aromatic nitrogens is 2. The molecule has 206 valence electrons. The number of carbonyl (C=O) groups is 1. The zero-order valence-corrected chi connectivity index (χ0v) is 23.2. The quantitative estimate of drug-likeness (QED) is 0.217. The van der Waals surface area contributed by atoms with Crippen LogP contribution in [0.4, 0.5) is 0 Å². The van der Waals surface area contributed by atoms with Gasteiger partial charge in [-0.15, -0.1) is 0 Å². The molecule has 0 aliphatic heterocycles. The van der Waals surface area contributed by atoms with Gasteiger partial charge in [0.05, 0.1) is 33.8 Å². The standard InChI is InChI=1S/C14H11Cl2NO3.C13H11Cl2NO2.CH4/c1-19-14(18)11-12(17-20-13(11)7-5-6-7)10-8(15)3-2-4-9(10)16;14-9-2-1-3-10(15)11(9)12-8(6-17)13(18-16-12)7-4-5-7;/h2-4,7H,5-6H2,1H3;1-3,7,17H,4-6H2;1H4. The Morgan fingerprint density at radius 3 is 1.74 bits per heavy atom. The van der Waals surface area contributed by atoms with E-state index in [0.717, 1.165) is 31.4 Å². The predicted molar refractivity (Wildman–Crippen MR) is 152 cm³/mol.